The molecule has 1 aliphatic rings. The lowest BCUT2D eigenvalue weighted by Gasteiger charge is -2.13. The predicted molar refractivity (Wildman–Crippen MR) is 63.5 cm³/mol. The average Bonchev–Trinajstić information content (AvgIpc) is 2.87. The molecule has 0 aliphatic heterocycles. The van der Waals surface area contributed by atoms with E-state index in [1.54, 1.807) is 0 Å². The number of carbonyl (C=O) groups excluding carboxylic acids is 1. The Morgan fingerprint density at radius 1 is 1.16 bits per heavy atom. The zero-order valence-corrected chi connectivity index (χ0v) is 9.90. The Balaban J connectivity index is 2.32. The predicted octanol–water partition coefficient (Wildman–Crippen LogP) is 2.61. The SMILES string of the molecule is O=C(O)C1=C(C(=O)N(F)c2ccccc2F)CCC1. The number of aliphatic carboxylic acids is 1. The molecule has 0 aromatic heterocycles. The summed E-state index contributed by atoms with van der Waals surface area (Å²) >= 11 is 0. The fourth-order valence-electron chi connectivity index (χ4n) is 2.05. The quantitative estimate of drug-likeness (QED) is 0.856. The number of carboxylic acids is 1. The van der Waals surface area contributed by atoms with Gasteiger partial charge in [-0.2, -0.15) is 0 Å². The number of para-hydroxylation sites is 1. The third kappa shape index (κ3) is 2.47. The average molecular weight is 267 g/mol. The van der Waals surface area contributed by atoms with Gasteiger partial charge in [-0.05, 0) is 31.4 Å². The van der Waals surface area contributed by atoms with Crippen molar-refractivity contribution >= 4 is 17.6 Å². The van der Waals surface area contributed by atoms with Crippen LogP contribution < -0.4 is 5.12 Å². The van der Waals surface area contributed by atoms with Gasteiger partial charge in [0, 0.05) is 11.1 Å². The van der Waals surface area contributed by atoms with E-state index in [0.717, 1.165) is 12.1 Å². The van der Waals surface area contributed by atoms with Gasteiger partial charge < -0.3 is 5.11 Å². The van der Waals surface area contributed by atoms with E-state index in [9.17, 15) is 18.5 Å². The summed E-state index contributed by atoms with van der Waals surface area (Å²) in [4.78, 5) is 22.8. The molecule has 1 amide bonds. The van der Waals surface area contributed by atoms with Crippen LogP contribution in [0.1, 0.15) is 19.3 Å². The van der Waals surface area contributed by atoms with Crippen molar-refractivity contribution in [2.45, 2.75) is 19.3 Å². The zero-order chi connectivity index (χ0) is 14.0. The minimum atomic E-state index is -1.23. The molecule has 2 rings (SSSR count). The van der Waals surface area contributed by atoms with Crippen molar-refractivity contribution in [2.24, 2.45) is 0 Å². The Bertz CT molecular complexity index is 569. The second kappa shape index (κ2) is 5.17. The topological polar surface area (TPSA) is 57.6 Å². The zero-order valence-electron chi connectivity index (χ0n) is 9.90. The molecule has 1 aliphatic carbocycles. The van der Waals surface area contributed by atoms with Gasteiger partial charge in [-0.15, -0.1) is 5.12 Å². The molecule has 6 heteroatoms. The Labute approximate surface area is 107 Å². The Morgan fingerprint density at radius 2 is 1.79 bits per heavy atom. The van der Waals surface area contributed by atoms with Gasteiger partial charge in [0.1, 0.15) is 11.5 Å². The van der Waals surface area contributed by atoms with Crippen LogP contribution in [0.2, 0.25) is 0 Å². The molecule has 0 unspecified atom stereocenters. The number of hydrogen-bond acceptors (Lipinski definition) is 2. The fourth-order valence-corrected chi connectivity index (χ4v) is 2.05. The molecular weight excluding hydrogens is 256 g/mol. The van der Waals surface area contributed by atoms with Crippen LogP contribution >= 0.6 is 0 Å². The molecule has 0 saturated carbocycles. The number of halogens is 2. The van der Waals surface area contributed by atoms with E-state index in [0.29, 0.717) is 6.42 Å². The number of benzene rings is 1. The van der Waals surface area contributed by atoms with Crippen molar-refractivity contribution in [3.8, 4) is 0 Å². The van der Waals surface area contributed by atoms with Crippen molar-refractivity contribution in [1.82, 2.24) is 0 Å². The van der Waals surface area contributed by atoms with Crippen molar-refractivity contribution in [2.75, 3.05) is 5.12 Å². The van der Waals surface area contributed by atoms with E-state index in [1.807, 2.05) is 0 Å². The first-order valence-corrected chi connectivity index (χ1v) is 5.72. The van der Waals surface area contributed by atoms with Gasteiger partial charge in [-0.1, -0.05) is 16.6 Å². The minimum Gasteiger partial charge on any atom is -0.478 e. The third-order valence-electron chi connectivity index (χ3n) is 2.98. The molecule has 0 heterocycles. The monoisotopic (exact) mass is 267 g/mol. The summed E-state index contributed by atoms with van der Waals surface area (Å²) in [6.07, 6.45) is 0.894. The van der Waals surface area contributed by atoms with Gasteiger partial charge in [-0.25, -0.2) is 9.18 Å². The maximum atomic E-state index is 13.9. The van der Waals surface area contributed by atoms with Crippen molar-refractivity contribution in [3.63, 3.8) is 0 Å². The standard InChI is InChI=1S/C13H11F2NO3/c14-10-6-1-2-7-11(10)16(15)12(17)8-4-3-5-9(8)13(18)19/h1-2,6-7H,3-5H2,(H,18,19). The van der Waals surface area contributed by atoms with Crippen LogP contribution in [-0.4, -0.2) is 17.0 Å². The van der Waals surface area contributed by atoms with Crippen molar-refractivity contribution < 1.29 is 23.6 Å². The number of rotatable bonds is 3. The summed E-state index contributed by atoms with van der Waals surface area (Å²) in [5.41, 5.74) is -0.709. The second-order valence-electron chi connectivity index (χ2n) is 4.15. The molecular formula is C13H11F2NO3. The summed E-state index contributed by atoms with van der Waals surface area (Å²) in [6.45, 7) is 0. The summed E-state index contributed by atoms with van der Waals surface area (Å²) in [6, 6.07) is 4.90. The highest BCUT2D eigenvalue weighted by Gasteiger charge is 2.30. The van der Waals surface area contributed by atoms with E-state index >= 15 is 0 Å². The normalized spacial score (nSPS) is 14.6. The highest BCUT2D eigenvalue weighted by atomic mass is 19.2. The van der Waals surface area contributed by atoms with Crippen LogP contribution in [0.5, 0.6) is 0 Å². The maximum absolute atomic E-state index is 13.9. The highest BCUT2D eigenvalue weighted by molar-refractivity contribution is 6.09. The molecule has 19 heavy (non-hydrogen) atoms. The summed E-state index contributed by atoms with van der Waals surface area (Å²) < 4.78 is 27.3. The van der Waals surface area contributed by atoms with Crippen molar-refractivity contribution in [1.29, 1.82) is 0 Å². The van der Waals surface area contributed by atoms with Gasteiger partial charge in [0.2, 0.25) is 0 Å². The number of carboxylic acid groups (broad SMARTS) is 1. The first-order valence-electron chi connectivity index (χ1n) is 5.72. The van der Waals surface area contributed by atoms with Gasteiger partial charge in [0.15, 0.2) is 0 Å². The first kappa shape index (κ1) is 13.2. The molecule has 4 nitrogen and oxygen atoms in total. The van der Waals surface area contributed by atoms with Crippen LogP contribution in [0.4, 0.5) is 14.6 Å². The molecule has 100 valence electrons. The minimum absolute atomic E-state index is 0.0935. The fraction of sp³-hybridized carbons (Fsp3) is 0.231. The lowest BCUT2D eigenvalue weighted by molar-refractivity contribution is -0.133. The van der Waals surface area contributed by atoms with Gasteiger partial charge in [-0.3, -0.25) is 4.79 Å². The Hall–Kier alpha value is -2.24. The van der Waals surface area contributed by atoms with Gasteiger partial charge in [0.05, 0.1) is 0 Å². The Morgan fingerprint density at radius 3 is 2.42 bits per heavy atom. The highest BCUT2D eigenvalue weighted by Crippen LogP contribution is 2.30. The van der Waals surface area contributed by atoms with Crippen LogP contribution in [0.15, 0.2) is 35.4 Å². The number of carbonyl (C=O) groups is 2. The summed E-state index contributed by atoms with van der Waals surface area (Å²) in [5.74, 6) is -3.23. The molecule has 0 atom stereocenters. The van der Waals surface area contributed by atoms with Crippen molar-refractivity contribution in [3.05, 3.63) is 41.2 Å². The lowest BCUT2D eigenvalue weighted by Crippen LogP contribution is -2.25. The number of anilines is 1. The molecule has 0 spiro atoms. The number of nitrogens with zero attached hydrogens (tertiary/aromatic N) is 1. The lowest BCUT2D eigenvalue weighted by atomic mass is 10.1. The molecule has 0 bridgehead atoms. The maximum Gasteiger partial charge on any atom is 0.332 e. The van der Waals surface area contributed by atoms with Crippen LogP contribution in [0.3, 0.4) is 0 Å². The van der Waals surface area contributed by atoms with Gasteiger partial charge in [0.25, 0.3) is 5.91 Å². The van der Waals surface area contributed by atoms with E-state index in [-0.39, 0.29) is 29.1 Å². The molecule has 1 N–H and O–H groups in total. The molecule has 1 aromatic carbocycles. The van der Waals surface area contributed by atoms with Crippen LogP contribution in [-0.2, 0) is 9.59 Å². The van der Waals surface area contributed by atoms with E-state index < -0.39 is 23.4 Å². The molecule has 1 aromatic rings. The number of hydrogen-bond donors (Lipinski definition) is 1. The second-order valence-corrected chi connectivity index (χ2v) is 4.15. The number of amides is 1. The summed E-state index contributed by atoms with van der Waals surface area (Å²) in [7, 11) is 0. The molecule has 0 fully saturated rings. The van der Waals surface area contributed by atoms with E-state index in [4.69, 9.17) is 5.11 Å². The smallest absolute Gasteiger partial charge is 0.332 e. The van der Waals surface area contributed by atoms with Crippen LogP contribution in [0.25, 0.3) is 0 Å². The molecule has 0 saturated heterocycles. The van der Waals surface area contributed by atoms with Gasteiger partial charge >= 0.3 is 5.97 Å². The summed E-state index contributed by atoms with van der Waals surface area (Å²) in [5, 5.41) is 8.58. The first-order chi connectivity index (χ1) is 9.02. The van der Waals surface area contributed by atoms with E-state index in [1.165, 1.54) is 12.1 Å². The van der Waals surface area contributed by atoms with Crippen LogP contribution in [0, 0.1) is 5.82 Å². The Kier molecular flexibility index (Phi) is 3.59. The third-order valence-corrected chi connectivity index (χ3v) is 2.98. The van der Waals surface area contributed by atoms with E-state index in [2.05, 4.69) is 0 Å². The largest absolute Gasteiger partial charge is 0.478 e. The molecule has 0 radical (unpaired) electrons.